The number of aryl methyl sites for hydroxylation is 1. The fourth-order valence-electron chi connectivity index (χ4n) is 1.04. The van der Waals surface area contributed by atoms with Gasteiger partial charge < -0.3 is 0 Å². The fraction of sp³-hybridized carbons (Fsp3) is 0.286. The molecule has 0 aromatic carbocycles. The zero-order valence-corrected chi connectivity index (χ0v) is 7.22. The minimum atomic E-state index is -0.241. The first kappa shape index (κ1) is 7.54. The van der Waals surface area contributed by atoms with E-state index in [1.807, 2.05) is 0 Å². The molecule has 0 N–H and O–H groups in total. The van der Waals surface area contributed by atoms with Gasteiger partial charge in [-0.2, -0.15) is 0 Å². The Balaban J connectivity index is 2.80. The molecule has 5 heteroatoms. The number of carbonyl (C=O) groups is 1. The van der Waals surface area contributed by atoms with E-state index < -0.39 is 0 Å². The van der Waals surface area contributed by atoms with Crippen LogP contribution >= 0.6 is 11.8 Å². The number of fused-ring (bicyclic) bond motifs is 1. The molecule has 4 nitrogen and oxygen atoms in total. The van der Waals surface area contributed by atoms with Gasteiger partial charge in [-0.25, -0.2) is 9.55 Å². The Morgan fingerprint density at radius 1 is 1.58 bits per heavy atom. The summed E-state index contributed by atoms with van der Waals surface area (Å²) in [6, 6.07) is 0. The minimum absolute atomic E-state index is 0.170. The van der Waals surface area contributed by atoms with Crippen molar-refractivity contribution in [1.29, 1.82) is 0 Å². The van der Waals surface area contributed by atoms with Crippen molar-refractivity contribution >= 4 is 17.7 Å². The van der Waals surface area contributed by atoms with Crippen molar-refractivity contribution in [3.63, 3.8) is 0 Å². The van der Waals surface area contributed by atoms with Gasteiger partial charge >= 0.3 is 0 Å². The van der Waals surface area contributed by atoms with Gasteiger partial charge in [-0.15, -0.1) is 0 Å². The summed E-state index contributed by atoms with van der Waals surface area (Å²) >= 11 is 1.30. The smallest absolute Gasteiger partial charge is 0.263 e. The van der Waals surface area contributed by atoms with Crippen molar-refractivity contribution in [3.05, 3.63) is 22.1 Å². The maximum Gasteiger partial charge on any atom is 0.263 e. The number of nitrogens with zero attached hydrogens (tertiary/aromatic N) is 2. The topological polar surface area (TPSA) is 52.0 Å². The standard InChI is InChI=1S/C7H6N2O2S/c1-4-2-8-7-9(6(4)11)5(10)3-12-7/h2H,3H2,1H3. The quantitative estimate of drug-likeness (QED) is 0.541. The molecule has 1 aliphatic heterocycles. The Bertz CT molecular complexity index is 410. The predicted molar refractivity (Wildman–Crippen MR) is 44.6 cm³/mol. The van der Waals surface area contributed by atoms with E-state index in [0.717, 1.165) is 4.57 Å². The van der Waals surface area contributed by atoms with E-state index >= 15 is 0 Å². The Hall–Kier alpha value is -1.10. The first-order valence-electron chi connectivity index (χ1n) is 3.45. The highest BCUT2D eigenvalue weighted by Gasteiger charge is 2.22. The summed E-state index contributed by atoms with van der Waals surface area (Å²) in [7, 11) is 0. The van der Waals surface area contributed by atoms with Gasteiger partial charge in [0, 0.05) is 11.8 Å². The molecule has 0 atom stereocenters. The van der Waals surface area contributed by atoms with Crippen LogP contribution in [0.15, 0.2) is 16.1 Å². The van der Waals surface area contributed by atoms with Crippen molar-refractivity contribution in [2.24, 2.45) is 0 Å². The monoisotopic (exact) mass is 182 g/mol. The molecule has 0 unspecified atom stereocenters. The van der Waals surface area contributed by atoms with Gasteiger partial charge in [-0.05, 0) is 6.92 Å². The van der Waals surface area contributed by atoms with Gasteiger partial charge in [0.05, 0.1) is 5.75 Å². The molecule has 0 saturated heterocycles. The molecule has 0 radical (unpaired) electrons. The van der Waals surface area contributed by atoms with Crippen molar-refractivity contribution in [2.75, 3.05) is 5.75 Å². The lowest BCUT2D eigenvalue weighted by atomic mass is 10.4. The summed E-state index contributed by atoms with van der Waals surface area (Å²) in [6.07, 6.45) is 1.50. The van der Waals surface area contributed by atoms with Crippen LogP contribution in [-0.4, -0.2) is 21.2 Å². The van der Waals surface area contributed by atoms with Crippen LogP contribution in [0.3, 0.4) is 0 Å². The number of hydrogen-bond donors (Lipinski definition) is 0. The SMILES string of the molecule is Cc1cnc2n(c1=O)C(=O)CS2. The third-order valence-electron chi connectivity index (χ3n) is 1.67. The van der Waals surface area contributed by atoms with Crippen LogP contribution in [0.25, 0.3) is 0 Å². The molecule has 62 valence electrons. The second-order valence-electron chi connectivity index (χ2n) is 2.55. The van der Waals surface area contributed by atoms with Crippen molar-refractivity contribution < 1.29 is 4.79 Å². The molecule has 0 spiro atoms. The zero-order chi connectivity index (χ0) is 8.72. The molecule has 12 heavy (non-hydrogen) atoms. The molecular weight excluding hydrogens is 176 g/mol. The first-order chi connectivity index (χ1) is 5.70. The number of carbonyl (C=O) groups excluding carboxylic acids is 1. The van der Waals surface area contributed by atoms with Crippen LogP contribution < -0.4 is 5.56 Å². The summed E-state index contributed by atoms with van der Waals surface area (Å²) in [4.78, 5) is 26.5. The van der Waals surface area contributed by atoms with Gasteiger partial charge in [0.15, 0.2) is 5.16 Å². The maximum atomic E-state index is 11.4. The normalized spacial score (nSPS) is 14.9. The lowest BCUT2D eigenvalue weighted by molar-refractivity contribution is 0.0933. The Kier molecular flexibility index (Phi) is 1.54. The lowest BCUT2D eigenvalue weighted by Gasteiger charge is -1.98. The second-order valence-corrected chi connectivity index (χ2v) is 3.49. The van der Waals surface area contributed by atoms with Gasteiger partial charge in [-0.3, -0.25) is 9.59 Å². The number of thioether (sulfide) groups is 1. The minimum Gasteiger partial charge on any atom is -0.273 e. The predicted octanol–water partition coefficient (Wildman–Crippen LogP) is 0.298. The molecular formula is C7H6N2O2S. The Morgan fingerprint density at radius 2 is 2.33 bits per heavy atom. The van der Waals surface area contributed by atoms with E-state index in [2.05, 4.69) is 4.98 Å². The zero-order valence-electron chi connectivity index (χ0n) is 6.40. The van der Waals surface area contributed by atoms with E-state index in [1.165, 1.54) is 18.0 Å². The van der Waals surface area contributed by atoms with Gasteiger partial charge in [0.2, 0.25) is 5.91 Å². The average Bonchev–Trinajstić information content (AvgIpc) is 2.41. The number of rotatable bonds is 0. The van der Waals surface area contributed by atoms with Crippen LogP contribution in [0, 0.1) is 6.92 Å². The van der Waals surface area contributed by atoms with E-state index in [9.17, 15) is 9.59 Å². The van der Waals surface area contributed by atoms with Gasteiger partial charge in [0.25, 0.3) is 5.56 Å². The van der Waals surface area contributed by atoms with Gasteiger partial charge in [0.1, 0.15) is 0 Å². The number of hydrogen-bond acceptors (Lipinski definition) is 4. The third kappa shape index (κ3) is 0.896. The fourth-order valence-corrected chi connectivity index (χ4v) is 1.86. The molecule has 2 heterocycles. The van der Waals surface area contributed by atoms with Crippen LogP contribution in [0.2, 0.25) is 0 Å². The summed E-state index contributed by atoms with van der Waals surface area (Å²) in [6.45, 7) is 1.65. The van der Waals surface area contributed by atoms with E-state index in [4.69, 9.17) is 0 Å². The Labute approximate surface area is 72.6 Å². The molecule has 1 aromatic heterocycles. The van der Waals surface area contributed by atoms with Crippen LogP contribution in [0.1, 0.15) is 10.4 Å². The summed E-state index contributed by atoms with van der Waals surface area (Å²) in [5.74, 6) is 0.155. The molecule has 0 saturated carbocycles. The largest absolute Gasteiger partial charge is 0.273 e. The van der Waals surface area contributed by atoms with Gasteiger partial charge in [-0.1, -0.05) is 11.8 Å². The molecule has 1 aliphatic rings. The van der Waals surface area contributed by atoms with E-state index in [0.29, 0.717) is 16.5 Å². The second kappa shape index (κ2) is 2.45. The molecule has 0 amide bonds. The highest BCUT2D eigenvalue weighted by atomic mass is 32.2. The maximum absolute atomic E-state index is 11.4. The van der Waals surface area contributed by atoms with Crippen molar-refractivity contribution in [3.8, 4) is 0 Å². The summed E-state index contributed by atoms with van der Waals surface area (Å²) in [5.41, 5.74) is 0.268. The molecule has 0 fully saturated rings. The molecule has 0 bridgehead atoms. The van der Waals surface area contributed by atoms with Crippen LogP contribution in [0.5, 0.6) is 0 Å². The van der Waals surface area contributed by atoms with E-state index in [-0.39, 0.29) is 11.5 Å². The third-order valence-corrected chi connectivity index (χ3v) is 2.61. The molecule has 0 aliphatic carbocycles. The van der Waals surface area contributed by atoms with Crippen molar-refractivity contribution in [1.82, 2.24) is 9.55 Å². The molecule has 1 aromatic rings. The van der Waals surface area contributed by atoms with Crippen LogP contribution in [0.4, 0.5) is 0 Å². The average molecular weight is 182 g/mol. The number of aromatic nitrogens is 2. The highest BCUT2D eigenvalue weighted by molar-refractivity contribution is 8.00. The summed E-state index contributed by atoms with van der Waals surface area (Å²) < 4.78 is 1.14. The van der Waals surface area contributed by atoms with Crippen LogP contribution in [-0.2, 0) is 0 Å². The highest BCUT2D eigenvalue weighted by Crippen LogP contribution is 2.20. The summed E-state index contributed by atoms with van der Waals surface area (Å²) in [5, 5.41) is 0.510. The van der Waals surface area contributed by atoms with Crippen molar-refractivity contribution in [2.45, 2.75) is 12.1 Å². The van der Waals surface area contributed by atoms with E-state index in [1.54, 1.807) is 6.92 Å². The molecule has 2 rings (SSSR count). The Morgan fingerprint density at radius 3 is 3.08 bits per heavy atom. The lowest BCUT2D eigenvalue weighted by Crippen LogP contribution is -2.27. The first-order valence-corrected chi connectivity index (χ1v) is 4.43.